The fraction of sp³-hybridized carbons (Fsp3) is 0.217. The van der Waals surface area contributed by atoms with Crippen LogP contribution in [0.5, 0.6) is 0 Å². The van der Waals surface area contributed by atoms with Gasteiger partial charge in [0, 0.05) is 0 Å². The van der Waals surface area contributed by atoms with Gasteiger partial charge in [0.1, 0.15) is 11.6 Å². The first-order chi connectivity index (χ1) is 13.6. The summed E-state index contributed by atoms with van der Waals surface area (Å²) in [7, 11) is 0. The van der Waals surface area contributed by atoms with Crippen molar-refractivity contribution in [2.45, 2.75) is 33.5 Å². The maximum atomic E-state index is 13.6. The Morgan fingerprint density at radius 3 is 2.34 bits per heavy atom. The van der Waals surface area contributed by atoms with Gasteiger partial charge >= 0.3 is 6.18 Å². The van der Waals surface area contributed by atoms with Crippen molar-refractivity contribution in [3.8, 4) is 17.3 Å². The summed E-state index contributed by atoms with van der Waals surface area (Å²) in [5.41, 5.74) is 1.20. The van der Waals surface area contributed by atoms with E-state index in [4.69, 9.17) is 0 Å². The van der Waals surface area contributed by atoms with Crippen molar-refractivity contribution in [3.63, 3.8) is 0 Å². The lowest BCUT2D eigenvalue weighted by Crippen LogP contribution is -2.29. The number of alkyl halides is 3. The molecule has 0 N–H and O–H groups in total. The van der Waals surface area contributed by atoms with Gasteiger partial charge in [-0.05, 0) is 55.2 Å². The summed E-state index contributed by atoms with van der Waals surface area (Å²) in [6, 6.07) is 14.9. The molecule has 6 heteroatoms. The average molecular weight is 396 g/mol. The quantitative estimate of drug-likeness (QED) is 0.597. The highest BCUT2D eigenvalue weighted by Crippen LogP contribution is 2.34. The van der Waals surface area contributed by atoms with Gasteiger partial charge in [0.05, 0.1) is 17.8 Å². The Kier molecular flexibility index (Phi) is 5.34. The molecule has 148 valence electrons. The minimum absolute atomic E-state index is 0.0719. The number of aryl methyl sites for hydroxylation is 2. The molecule has 2 aromatic carbocycles. The Balaban J connectivity index is 2.35. The molecule has 0 saturated carbocycles. The largest absolute Gasteiger partial charge is 0.417 e. The van der Waals surface area contributed by atoms with Crippen LogP contribution in [-0.4, -0.2) is 4.57 Å². The summed E-state index contributed by atoms with van der Waals surface area (Å²) < 4.78 is 42.0. The Morgan fingerprint density at radius 1 is 1.03 bits per heavy atom. The third-order valence-corrected chi connectivity index (χ3v) is 5.08. The van der Waals surface area contributed by atoms with Gasteiger partial charge in [-0.1, -0.05) is 42.0 Å². The highest BCUT2D eigenvalue weighted by atomic mass is 19.4. The van der Waals surface area contributed by atoms with Gasteiger partial charge in [0.2, 0.25) is 0 Å². The summed E-state index contributed by atoms with van der Waals surface area (Å²) in [5.74, 6) is 0. The zero-order valence-electron chi connectivity index (χ0n) is 16.3. The smallest absolute Gasteiger partial charge is 0.303 e. The van der Waals surface area contributed by atoms with E-state index >= 15 is 0 Å². The fourth-order valence-corrected chi connectivity index (χ4v) is 3.33. The zero-order valence-corrected chi connectivity index (χ0v) is 16.3. The molecule has 0 atom stereocenters. The molecule has 0 aliphatic carbocycles. The lowest BCUT2D eigenvalue weighted by molar-refractivity contribution is -0.137. The molecular formula is C23H19F3N2O. The van der Waals surface area contributed by atoms with Crippen molar-refractivity contribution in [1.82, 2.24) is 4.57 Å². The van der Waals surface area contributed by atoms with Gasteiger partial charge in [0.25, 0.3) is 5.56 Å². The minimum Gasteiger partial charge on any atom is -0.303 e. The Morgan fingerprint density at radius 2 is 1.72 bits per heavy atom. The SMILES string of the molecule is Cc1cccc(-c2cc(C(F)(F)F)c(C#N)c(=O)n2Cc2cccc(C)c2C)c1. The van der Waals surface area contributed by atoms with E-state index in [1.165, 1.54) is 10.6 Å². The molecule has 1 heterocycles. The van der Waals surface area contributed by atoms with Crippen molar-refractivity contribution in [1.29, 1.82) is 5.26 Å². The second kappa shape index (κ2) is 7.59. The monoisotopic (exact) mass is 396 g/mol. The van der Waals surface area contributed by atoms with Crippen molar-refractivity contribution in [2.24, 2.45) is 0 Å². The molecule has 0 aliphatic rings. The van der Waals surface area contributed by atoms with Crippen molar-refractivity contribution >= 4 is 0 Å². The van der Waals surface area contributed by atoms with Gasteiger partial charge in [-0.15, -0.1) is 0 Å². The minimum atomic E-state index is -4.80. The molecule has 3 aromatic rings. The Hall–Kier alpha value is -3.33. The van der Waals surface area contributed by atoms with E-state index in [0.29, 0.717) is 5.56 Å². The van der Waals surface area contributed by atoms with Crippen LogP contribution in [0.15, 0.2) is 53.3 Å². The molecule has 0 unspecified atom stereocenters. The number of nitrogens with zero attached hydrogens (tertiary/aromatic N) is 2. The molecule has 29 heavy (non-hydrogen) atoms. The summed E-state index contributed by atoms with van der Waals surface area (Å²) in [4.78, 5) is 13.0. The van der Waals surface area contributed by atoms with Gasteiger partial charge in [0.15, 0.2) is 0 Å². The maximum absolute atomic E-state index is 13.6. The zero-order chi connectivity index (χ0) is 21.3. The second-order valence-electron chi connectivity index (χ2n) is 7.05. The number of rotatable bonds is 3. The normalized spacial score (nSPS) is 11.3. The molecular weight excluding hydrogens is 377 g/mol. The van der Waals surface area contributed by atoms with E-state index in [0.717, 1.165) is 28.3 Å². The van der Waals surface area contributed by atoms with Crippen LogP contribution in [0.4, 0.5) is 13.2 Å². The van der Waals surface area contributed by atoms with E-state index in [1.54, 1.807) is 18.2 Å². The first-order valence-corrected chi connectivity index (χ1v) is 9.00. The Bertz CT molecular complexity index is 1180. The van der Waals surface area contributed by atoms with Gasteiger partial charge in [-0.25, -0.2) is 0 Å². The topological polar surface area (TPSA) is 45.8 Å². The molecule has 0 spiro atoms. The number of nitriles is 1. The lowest BCUT2D eigenvalue weighted by Gasteiger charge is -2.19. The van der Waals surface area contributed by atoms with Crippen molar-refractivity contribution in [2.75, 3.05) is 0 Å². The van der Waals surface area contributed by atoms with Gasteiger partial charge in [-0.3, -0.25) is 4.79 Å². The van der Waals surface area contributed by atoms with E-state index in [9.17, 15) is 23.2 Å². The standard InChI is InChI=1S/C23H19F3N2O/c1-14-6-4-8-17(10-14)21-11-20(23(24,25)26)19(12-27)22(29)28(21)13-18-9-5-7-15(2)16(18)3/h4-11H,13H2,1-3H3. The molecule has 3 rings (SSSR count). The van der Waals surface area contributed by atoms with Crippen molar-refractivity contribution < 1.29 is 13.2 Å². The third kappa shape index (κ3) is 3.95. The molecule has 0 bridgehead atoms. The van der Waals surface area contributed by atoms with E-state index in [2.05, 4.69) is 0 Å². The van der Waals surface area contributed by atoms with Crippen LogP contribution in [0.3, 0.4) is 0 Å². The molecule has 0 aliphatic heterocycles. The van der Waals surface area contributed by atoms with Crippen LogP contribution in [-0.2, 0) is 12.7 Å². The van der Waals surface area contributed by atoms with Crippen molar-refractivity contribution in [3.05, 3.63) is 92.3 Å². The number of hydrogen-bond donors (Lipinski definition) is 0. The molecule has 1 aromatic heterocycles. The van der Waals surface area contributed by atoms with Crippen LogP contribution in [0, 0.1) is 32.1 Å². The van der Waals surface area contributed by atoms with Crippen LogP contribution >= 0.6 is 0 Å². The predicted octanol–water partition coefficient (Wildman–Crippen LogP) is 5.38. The fourth-order valence-electron chi connectivity index (χ4n) is 3.33. The van der Waals surface area contributed by atoms with E-state index < -0.39 is 22.9 Å². The van der Waals surface area contributed by atoms with Gasteiger partial charge < -0.3 is 4.57 Å². The number of benzene rings is 2. The van der Waals surface area contributed by atoms with Crippen LogP contribution < -0.4 is 5.56 Å². The van der Waals surface area contributed by atoms with E-state index in [1.807, 2.05) is 45.0 Å². The second-order valence-corrected chi connectivity index (χ2v) is 7.05. The first-order valence-electron chi connectivity index (χ1n) is 9.00. The number of aromatic nitrogens is 1. The maximum Gasteiger partial charge on any atom is 0.417 e. The highest BCUT2D eigenvalue weighted by Gasteiger charge is 2.36. The highest BCUT2D eigenvalue weighted by molar-refractivity contribution is 5.63. The van der Waals surface area contributed by atoms with Crippen LogP contribution in [0.25, 0.3) is 11.3 Å². The molecule has 0 radical (unpaired) electrons. The summed E-state index contributed by atoms with van der Waals surface area (Å²) >= 11 is 0. The first kappa shape index (κ1) is 20.4. The molecule has 0 amide bonds. The number of hydrogen-bond acceptors (Lipinski definition) is 2. The van der Waals surface area contributed by atoms with E-state index in [-0.39, 0.29) is 12.2 Å². The van der Waals surface area contributed by atoms with Gasteiger partial charge in [-0.2, -0.15) is 18.4 Å². The van der Waals surface area contributed by atoms with Crippen LogP contribution in [0.2, 0.25) is 0 Å². The molecule has 0 fully saturated rings. The number of pyridine rings is 1. The molecule has 0 saturated heterocycles. The summed E-state index contributed by atoms with van der Waals surface area (Å²) in [5, 5.41) is 9.29. The third-order valence-electron chi connectivity index (χ3n) is 5.08. The molecule has 3 nitrogen and oxygen atoms in total. The average Bonchev–Trinajstić information content (AvgIpc) is 2.65. The predicted molar refractivity (Wildman–Crippen MR) is 106 cm³/mol. The summed E-state index contributed by atoms with van der Waals surface area (Å²) in [6.45, 7) is 5.72. The number of halogens is 3. The van der Waals surface area contributed by atoms with Crippen LogP contribution in [0.1, 0.15) is 33.4 Å². The lowest BCUT2D eigenvalue weighted by atomic mass is 10.0. The summed E-state index contributed by atoms with van der Waals surface area (Å²) in [6.07, 6.45) is -4.80. The Labute approximate surface area is 166 Å².